The number of hydrogen-bond acceptors (Lipinski definition) is 4. The average Bonchev–Trinajstić information content (AvgIpc) is 2.93. The number of ether oxygens (including phenoxy) is 1. The summed E-state index contributed by atoms with van der Waals surface area (Å²) in [5.41, 5.74) is 8.24. The van der Waals surface area contributed by atoms with Crippen molar-refractivity contribution in [1.82, 2.24) is 0 Å². The van der Waals surface area contributed by atoms with Crippen molar-refractivity contribution in [3.63, 3.8) is 0 Å². The lowest BCUT2D eigenvalue weighted by Gasteiger charge is -2.18. The second-order valence-corrected chi connectivity index (χ2v) is 4.90. The molecule has 20 heavy (non-hydrogen) atoms. The highest BCUT2D eigenvalue weighted by Gasteiger charge is 2.15. The first-order valence-corrected chi connectivity index (χ1v) is 6.97. The molecule has 0 unspecified atom stereocenters. The Bertz CT molecular complexity index is 416. The minimum Gasteiger partial charge on any atom is -0.466 e. The van der Waals surface area contributed by atoms with Crippen molar-refractivity contribution in [3.05, 3.63) is 29.8 Å². The molecule has 1 saturated heterocycles. The molecule has 1 heterocycles. The first kappa shape index (κ1) is 16.8. The summed E-state index contributed by atoms with van der Waals surface area (Å²) in [6.07, 6.45) is 2.77. The number of nitrogens with zero attached hydrogens (tertiary/aromatic N) is 1. The van der Waals surface area contributed by atoms with Gasteiger partial charge in [0.05, 0.1) is 13.0 Å². The van der Waals surface area contributed by atoms with Gasteiger partial charge in [-0.3, -0.25) is 4.79 Å². The molecule has 0 aliphatic carbocycles. The van der Waals surface area contributed by atoms with Crippen LogP contribution in [-0.2, 0) is 9.53 Å². The highest BCUT2D eigenvalue weighted by Crippen LogP contribution is 2.23. The number of carbonyl (C=O) groups excluding carboxylic acids is 1. The van der Waals surface area contributed by atoms with Crippen LogP contribution in [0.3, 0.4) is 0 Å². The van der Waals surface area contributed by atoms with E-state index in [1.165, 1.54) is 18.5 Å². The Hall–Kier alpha value is -1.26. The Morgan fingerprint density at radius 1 is 1.30 bits per heavy atom. The van der Waals surface area contributed by atoms with Gasteiger partial charge in [-0.25, -0.2) is 0 Å². The molecule has 0 spiro atoms. The second kappa shape index (κ2) is 8.12. The third-order valence-electron chi connectivity index (χ3n) is 3.48. The molecule has 1 atom stereocenters. The van der Waals surface area contributed by atoms with Crippen LogP contribution in [0.1, 0.15) is 37.8 Å². The Kier molecular flexibility index (Phi) is 6.82. The first-order valence-electron chi connectivity index (χ1n) is 6.97. The fourth-order valence-electron chi connectivity index (χ4n) is 2.42. The molecule has 1 aliphatic rings. The van der Waals surface area contributed by atoms with Crippen LogP contribution in [0.5, 0.6) is 0 Å². The zero-order chi connectivity index (χ0) is 13.7. The molecule has 2 N–H and O–H groups in total. The smallest absolute Gasteiger partial charge is 0.307 e. The predicted molar refractivity (Wildman–Crippen MR) is 83.3 cm³/mol. The molecule has 0 radical (unpaired) electrons. The van der Waals surface area contributed by atoms with Gasteiger partial charge in [-0.2, -0.15) is 0 Å². The van der Waals surface area contributed by atoms with E-state index < -0.39 is 0 Å². The highest BCUT2D eigenvalue weighted by molar-refractivity contribution is 5.85. The van der Waals surface area contributed by atoms with Crippen LogP contribution < -0.4 is 10.6 Å². The summed E-state index contributed by atoms with van der Waals surface area (Å²) in [6.45, 7) is 4.47. The van der Waals surface area contributed by atoms with E-state index in [0.29, 0.717) is 6.61 Å². The number of carbonyl (C=O) groups is 1. The van der Waals surface area contributed by atoms with Crippen molar-refractivity contribution in [2.24, 2.45) is 5.73 Å². The Labute approximate surface area is 126 Å². The van der Waals surface area contributed by atoms with Crippen LogP contribution in [0.4, 0.5) is 5.69 Å². The van der Waals surface area contributed by atoms with E-state index in [1.54, 1.807) is 6.92 Å². The number of rotatable bonds is 5. The third kappa shape index (κ3) is 4.39. The van der Waals surface area contributed by atoms with Crippen molar-refractivity contribution in [2.45, 2.75) is 32.2 Å². The van der Waals surface area contributed by atoms with Gasteiger partial charge in [-0.05, 0) is 37.5 Å². The van der Waals surface area contributed by atoms with Crippen molar-refractivity contribution < 1.29 is 9.53 Å². The van der Waals surface area contributed by atoms with Crippen LogP contribution in [0.25, 0.3) is 0 Å². The monoisotopic (exact) mass is 298 g/mol. The van der Waals surface area contributed by atoms with Gasteiger partial charge in [0.1, 0.15) is 0 Å². The van der Waals surface area contributed by atoms with Gasteiger partial charge in [0, 0.05) is 24.8 Å². The number of anilines is 1. The lowest BCUT2D eigenvalue weighted by atomic mass is 10.0. The maximum atomic E-state index is 11.4. The quantitative estimate of drug-likeness (QED) is 0.849. The van der Waals surface area contributed by atoms with E-state index in [4.69, 9.17) is 10.5 Å². The number of benzene rings is 1. The summed E-state index contributed by atoms with van der Waals surface area (Å²) in [4.78, 5) is 13.8. The van der Waals surface area contributed by atoms with E-state index in [9.17, 15) is 4.79 Å². The molecule has 5 heteroatoms. The zero-order valence-electron chi connectivity index (χ0n) is 11.9. The Morgan fingerprint density at radius 3 is 2.45 bits per heavy atom. The van der Waals surface area contributed by atoms with Gasteiger partial charge in [0.25, 0.3) is 0 Å². The summed E-state index contributed by atoms with van der Waals surface area (Å²) in [5, 5.41) is 0. The van der Waals surface area contributed by atoms with Crippen molar-refractivity contribution in [1.29, 1.82) is 0 Å². The summed E-state index contributed by atoms with van der Waals surface area (Å²) in [7, 11) is 0. The molecule has 112 valence electrons. The molecule has 0 amide bonds. The SMILES string of the molecule is CCOC(=O)C[C@@H](N)c1ccc(N2CCCC2)cc1.Cl. The van der Waals surface area contributed by atoms with E-state index in [0.717, 1.165) is 18.7 Å². The van der Waals surface area contributed by atoms with Gasteiger partial charge >= 0.3 is 5.97 Å². The van der Waals surface area contributed by atoms with Gasteiger partial charge in [0.15, 0.2) is 0 Å². The molecule has 0 saturated carbocycles. The van der Waals surface area contributed by atoms with Crippen LogP contribution in [0.2, 0.25) is 0 Å². The minimum atomic E-state index is -0.285. The summed E-state index contributed by atoms with van der Waals surface area (Å²) < 4.78 is 4.91. The summed E-state index contributed by atoms with van der Waals surface area (Å²) >= 11 is 0. The third-order valence-corrected chi connectivity index (χ3v) is 3.48. The molecule has 0 bridgehead atoms. The lowest BCUT2D eigenvalue weighted by molar-refractivity contribution is -0.143. The molecular weight excluding hydrogens is 276 g/mol. The highest BCUT2D eigenvalue weighted by atomic mass is 35.5. The van der Waals surface area contributed by atoms with E-state index in [2.05, 4.69) is 17.0 Å². The van der Waals surface area contributed by atoms with Crippen LogP contribution in [0.15, 0.2) is 24.3 Å². The second-order valence-electron chi connectivity index (χ2n) is 4.90. The van der Waals surface area contributed by atoms with Crippen molar-refractivity contribution >= 4 is 24.1 Å². The summed E-state index contributed by atoms with van der Waals surface area (Å²) in [6, 6.07) is 7.92. The van der Waals surface area contributed by atoms with Crippen LogP contribution in [-0.4, -0.2) is 25.7 Å². The largest absolute Gasteiger partial charge is 0.466 e. The van der Waals surface area contributed by atoms with Crippen LogP contribution in [0, 0.1) is 0 Å². The molecule has 0 aromatic heterocycles. The van der Waals surface area contributed by atoms with E-state index >= 15 is 0 Å². The zero-order valence-corrected chi connectivity index (χ0v) is 12.7. The van der Waals surface area contributed by atoms with Gasteiger partial charge in [-0.15, -0.1) is 12.4 Å². The fraction of sp³-hybridized carbons (Fsp3) is 0.533. The van der Waals surface area contributed by atoms with Gasteiger partial charge in [-0.1, -0.05) is 12.1 Å². The fourth-order valence-corrected chi connectivity index (χ4v) is 2.42. The molecule has 1 fully saturated rings. The normalized spacial score (nSPS) is 15.6. The standard InChI is InChI=1S/C15H22N2O2.ClH/c1-2-19-15(18)11-14(16)12-5-7-13(8-6-12)17-9-3-4-10-17;/h5-8,14H,2-4,9-11,16H2,1H3;1H/t14-;/m1./s1. The number of esters is 1. The molecule has 1 aliphatic heterocycles. The average molecular weight is 299 g/mol. The van der Waals surface area contributed by atoms with Gasteiger partial charge < -0.3 is 15.4 Å². The maximum Gasteiger partial charge on any atom is 0.307 e. The van der Waals surface area contributed by atoms with E-state index in [-0.39, 0.29) is 30.8 Å². The molecule has 4 nitrogen and oxygen atoms in total. The predicted octanol–water partition coefficient (Wildman–Crippen LogP) is 2.66. The number of hydrogen-bond donors (Lipinski definition) is 1. The van der Waals surface area contributed by atoms with Gasteiger partial charge in [0.2, 0.25) is 0 Å². The molecule has 1 aromatic rings. The summed E-state index contributed by atoms with van der Waals surface area (Å²) in [5.74, 6) is -0.237. The molecular formula is C15H23ClN2O2. The number of halogens is 1. The minimum absolute atomic E-state index is 0. The molecule has 1 aromatic carbocycles. The topological polar surface area (TPSA) is 55.6 Å². The maximum absolute atomic E-state index is 11.4. The lowest BCUT2D eigenvalue weighted by Crippen LogP contribution is -2.19. The van der Waals surface area contributed by atoms with Crippen molar-refractivity contribution in [2.75, 3.05) is 24.6 Å². The van der Waals surface area contributed by atoms with Crippen molar-refractivity contribution in [3.8, 4) is 0 Å². The Balaban J connectivity index is 0.00000200. The molecule has 2 rings (SSSR count). The first-order chi connectivity index (χ1) is 9.20. The Morgan fingerprint density at radius 2 is 1.90 bits per heavy atom. The van der Waals surface area contributed by atoms with Crippen LogP contribution >= 0.6 is 12.4 Å². The number of nitrogens with two attached hydrogens (primary N) is 1. The van der Waals surface area contributed by atoms with E-state index in [1.807, 2.05) is 12.1 Å².